The van der Waals surface area contributed by atoms with E-state index >= 15 is 0 Å². The molecule has 0 spiro atoms. The molecule has 0 unspecified atom stereocenters. The summed E-state index contributed by atoms with van der Waals surface area (Å²) in [6, 6.07) is 5.49. The summed E-state index contributed by atoms with van der Waals surface area (Å²) in [5, 5.41) is 5.00. The fourth-order valence-electron chi connectivity index (χ4n) is 2.70. The summed E-state index contributed by atoms with van der Waals surface area (Å²) < 4.78 is 13.1. The third-order valence-electron chi connectivity index (χ3n) is 3.80. The van der Waals surface area contributed by atoms with E-state index in [0.29, 0.717) is 5.13 Å². The van der Waals surface area contributed by atoms with Crippen molar-refractivity contribution in [1.29, 1.82) is 0 Å². The topological polar surface area (TPSA) is 62.3 Å². The Balaban J connectivity index is 1.86. The molecule has 2 heterocycles. The highest BCUT2D eigenvalue weighted by atomic mass is 32.1. The van der Waals surface area contributed by atoms with Crippen molar-refractivity contribution in [3.05, 3.63) is 47.2 Å². The Kier molecular flexibility index (Phi) is 3.89. The minimum absolute atomic E-state index is 0.103. The number of carbonyl (C=O) groups excluding carboxylic acids is 2. The van der Waals surface area contributed by atoms with Crippen LogP contribution in [0.15, 0.2) is 35.8 Å². The number of anilines is 1. The molecule has 0 aliphatic carbocycles. The highest BCUT2D eigenvalue weighted by Crippen LogP contribution is 2.37. The fraction of sp³-hybridized carbons (Fsp3) is 0.267. The lowest BCUT2D eigenvalue weighted by Gasteiger charge is -2.24. The molecular formula is C15H14FN3O2S. The number of halogens is 1. The quantitative estimate of drug-likeness (QED) is 0.945. The predicted octanol–water partition coefficient (Wildman–Crippen LogP) is 2.44. The molecular weight excluding hydrogens is 305 g/mol. The van der Waals surface area contributed by atoms with Gasteiger partial charge in [0, 0.05) is 25.0 Å². The average molecular weight is 319 g/mol. The Morgan fingerprint density at radius 3 is 2.77 bits per heavy atom. The molecule has 5 nitrogen and oxygen atoms in total. The molecule has 1 aliphatic rings. The van der Waals surface area contributed by atoms with Crippen molar-refractivity contribution in [3.8, 4) is 0 Å². The molecule has 0 radical (unpaired) electrons. The molecule has 114 valence electrons. The van der Waals surface area contributed by atoms with Crippen molar-refractivity contribution in [1.82, 2.24) is 9.88 Å². The van der Waals surface area contributed by atoms with Crippen molar-refractivity contribution in [2.24, 2.45) is 5.92 Å². The van der Waals surface area contributed by atoms with Crippen LogP contribution in [0.1, 0.15) is 18.0 Å². The summed E-state index contributed by atoms with van der Waals surface area (Å²) in [5.41, 5.74) is 0.744. The summed E-state index contributed by atoms with van der Waals surface area (Å²) in [7, 11) is 1.66. The van der Waals surface area contributed by atoms with Gasteiger partial charge in [-0.05, 0) is 17.7 Å². The predicted molar refractivity (Wildman–Crippen MR) is 80.8 cm³/mol. The first-order valence-electron chi connectivity index (χ1n) is 6.78. The first-order chi connectivity index (χ1) is 10.6. The first-order valence-corrected chi connectivity index (χ1v) is 7.65. The second-order valence-electron chi connectivity index (χ2n) is 5.14. The molecule has 1 fully saturated rings. The smallest absolute Gasteiger partial charge is 0.232 e. The van der Waals surface area contributed by atoms with Gasteiger partial charge in [-0.1, -0.05) is 12.1 Å². The molecule has 3 rings (SSSR count). The van der Waals surface area contributed by atoms with Gasteiger partial charge in [-0.2, -0.15) is 0 Å². The molecule has 1 aliphatic heterocycles. The van der Waals surface area contributed by atoms with Gasteiger partial charge in [0.05, 0.1) is 12.0 Å². The summed E-state index contributed by atoms with van der Waals surface area (Å²) in [4.78, 5) is 30.0. The summed E-state index contributed by atoms with van der Waals surface area (Å²) >= 11 is 1.32. The number of carbonyl (C=O) groups is 2. The molecule has 0 bridgehead atoms. The maximum Gasteiger partial charge on any atom is 0.232 e. The van der Waals surface area contributed by atoms with Crippen LogP contribution in [0, 0.1) is 11.7 Å². The molecule has 22 heavy (non-hydrogen) atoms. The van der Waals surface area contributed by atoms with Gasteiger partial charge >= 0.3 is 0 Å². The zero-order chi connectivity index (χ0) is 15.7. The summed E-state index contributed by atoms with van der Waals surface area (Å²) in [6.07, 6.45) is 1.74. The lowest BCUT2D eigenvalue weighted by atomic mass is 9.93. The van der Waals surface area contributed by atoms with Crippen molar-refractivity contribution in [2.75, 3.05) is 12.4 Å². The lowest BCUT2D eigenvalue weighted by molar-refractivity contribution is -0.127. The second kappa shape index (κ2) is 5.84. The fourth-order valence-corrected chi connectivity index (χ4v) is 3.24. The number of rotatable bonds is 3. The van der Waals surface area contributed by atoms with E-state index in [9.17, 15) is 14.0 Å². The maximum atomic E-state index is 13.1. The molecule has 1 saturated heterocycles. The van der Waals surface area contributed by atoms with Crippen molar-refractivity contribution in [2.45, 2.75) is 12.5 Å². The zero-order valence-electron chi connectivity index (χ0n) is 11.8. The second-order valence-corrected chi connectivity index (χ2v) is 6.03. The van der Waals surface area contributed by atoms with Gasteiger partial charge < -0.3 is 10.2 Å². The van der Waals surface area contributed by atoms with Crippen LogP contribution in [-0.2, 0) is 9.59 Å². The van der Waals surface area contributed by atoms with E-state index in [2.05, 4.69) is 10.3 Å². The average Bonchev–Trinajstić information content (AvgIpc) is 3.10. The number of amides is 2. The maximum absolute atomic E-state index is 13.1. The third kappa shape index (κ3) is 2.71. The van der Waals surface area contributed by atoms with Gasteiger partial charge in [-0.3, -0.25) is 9.59 Å². The highest BCUT2D eigenvalue weighted by Gasteiger charge is 2.42. The molecule has 1 aromatic heterocycles. The van der Waals surface area contributed by atoms with Gasteiger partial charge in [-0.15, -0.1) is 11.3 Å². The lowest BCUT2D eigenvalue weighted by Crippen LogP contribution is -2.30. The van der Waals surface area contributed by atoms with E-state index in [0.717, 1.165) is 5.56 Å². The third-order valence-corrected chi connectivity index (χ3v) is 4.49. The van der Waals surface area contributed by atoms with E-state index in [1.54, 1.807) is 35.7 Å². The monoisotopic (exact) mass is 319 g/mol. The number of hydrogen-bond donors (Lipinski definition) is 1. The number of hydrogen-bond acceptors (Lipinski definition) is 4. The van der Waals surface area contributed by atoms with Crippen LogP contribution < -0.4 is 5.32 Å². The minimum Gasteiger partial charge on any atom is -0.338 e. The molecule has 0 saturated carbocycles. The number of thiazole rings is 1. The molecule has 7 heteroatoms. The first kappa shape index (κ1) is 14.6. The summed E-state index contributed by atoms with van der Waals surface area (Å²) in [6.45, 7) is 0. The van der Waals surface area contributed by atoms with Crippen molar-refractivity contribution >= 4 is 28.3 Å². The van der Waals surface area contributed by atoms with E-state index in [1.165, 1.54) is 23.5 Å². The molecule has 1 aromatic carbocycles. The molecule has 1 N–H and O–H groups in total. The van der Waals surface area contributed by atoms with Crippen LogP contribution in [-0.4, -0.2) is 28.7 Å². The van der Waals surface area contributed by atoms with E-state index in [4.69, 9.17) is 0 Å². The zero-order valence-corrected chi connectivity index (χ0v) is 12.6. The number of aromatic nitrogens is 1. The molecule has 2 aromatic rings. The Labute approximate surface area is 130 Å². The molecule has 2 amide bonds. The van der Waals surface area contributed by atoms with E-state index < -0.39 is 12.0 Å². The van der Waals surface area contributed by atoms with Crippen LogP contribution in [0.4, 0.5) is 9.52 Å². The van der Waals surface area contributed by atoms with Gasteiger partial charge in [0.2, 0.25) is 11.8 Å². The summed E-state index contributed by atoms with van der Waals surface area (Å²) in [5.74, 6) is -1.22. The minimum atomic E-state index is -0.521. The van der Waals surface area contributed by atoms with Crippen molar-refractivity contribution < 1.29 is 14.0 Å². The SMILES string of the molecule is CN1C(=O)C[C@@H](C(=O)Nc2nccs2)[C@@H]1c1ccc(F)cc1. The van der Waals surface area contributed by atoms with E-state index in [1.807, 2.05) is 0 Å². The van der Waals surface area contributed by atoms with Crippen LogP contribution in [0.2, 0.25) is 0 Å². The van der Waals surface area contributed by atoms with Gasteiger partial charge in [0.15, 0.2) is 5.13 Å². The Bertz CT molecular complexity index is 687. The number of benzene rings is 1. The Morgan fingerprint density at radius 1 is 1.41 bits per heavy atom. The Morgan fingerprint density at radius 2 is 2.14 bits per heavy atom. The highest BCUT2D eigenvalue weighted by molar-refractivity contribution is 7.13. The van der Waals surface area contributed by atoms with Gasteiger partial charge in [-0.25, -0.2) is 9.37 Å². The van der Waals surface area contributed by atoms with Gasteiger partial charge in [0.25, 0.3) is 0 Å². The van der Waals surface area contributed by atoms with Gasteiger partial charge in [0.1, 0.15) is 5.82 Å². The Hall–Kier alpha value is -2.28. The van der Waals surface area contributed by atoms with Crippen LogP contribution in [0.3, 0.4) is 0 Å². The number of nitrogens with one attached hydrogen (secondary N) is 1. The number of likely N-dealkylation sites (tertiary alicyclic amines) is 1. The van der Waals surface area contributed by atoms with Crippen LogP contribution in [0.5, 0.6) is 0 Å². The normalized spacial score (nSPS) is 21.2. The van der Waals surface area contributed by atoms with Crippen LogP contribution >= 0.6 is 11.3 Å². The standard InChI is InChI=1S/C15H14FN3O2S/c1-19-12(20)8-11(14(21)18-15-17-6-7-22-15)13(19)9-2-4-10(16)5-3-9/h2-7,11,13H,8H2,1H3,(H,17,18,21)/t11-,13+/m1/s1. The van der Waals surface area contributed by atoms with Crippen LogP contribution in [0.25, 0.3) is 0 Å². The van der Waals surface area contributed by atoms with E-state index in [-0.39, 0.29) is 24.1 Å². The number of nitrogens with zero attached hydrogens (tertiary/aromatic N) is 2. The van der Waals surface area contributed by atoms with Crippen molar-refractivity contribution in [3.63, 3.8) is 0 Å². The largest absolute Gasteiger partial charge is 0.338 e. The molecule has 2 atom stereocenters.